The van der Waals surface area contributed by atoms with E-state index in [9.17, 15) is 4.79 Å². The number of hydrogen-bond acceptors (Lipinski definition) is 2. The van der Waals surface area contributed by atoms with Crippen LogP contribution in [0.15, 0.2) is 18.2 Å². The van der Waals surface area contributed by atoms with Crippen LogP contribution in [0.3, 0.4) is 0 Å². The summed E-state index contributed by atoms with van der Waals surface area (Å²) in [6.07, 6.45) is 4.07. The Kier molecular flexibility index (Phi) is 3.79. The van der Waals surface area contributed by atoms with Gasteiger partial charge in [0, 0.05) is 25.8 Å². The van der Waals surface area contributed by atoms with Gasteiger partial charge in [-0.05, 0) is 48.9 Å². The Morgan fingerprint density at radius 2 is 2.12 bits per heavy atom. The highest BCUT2D eigenvalue weighted by atomic mass is 16.3. The molecule has 0 bridgehead atoms. The number of benzene rings is 1. The fourth-order valence-corrected chi connectivity index (χ4v) is 2.33. The molecule has 0 aliphatic heterocycles. The van der Waals surface area contributed by atoms with Crippen molar-refractivity contribution in [2.45, 2.75) is 25.7 Å². The second-order valence-electron chi connectivity index (χ2n) is 4.64. The minimum Gasteiger partial charge on any atom is -0.396 e. The third-order valence-electron chi connectivity index (χ3n) is 3.34. The predicted octanol–water partition coefficient (Wildman–Crippen LogP) is 1.63. The molecule has 2 rings (SSSR count). The standard InChI is InChI=1S/C14H19NO2/c1-15(8-3-9-16)14(17)13-7-6-11-4-2-5-12(11)10-13/h6-7,10,16H,2-5,8-9H2,1H3. The average Bonchev–Trinajstić information content (AvgIpc) is 2.81. The number of aliphatic hydroxyl groups excluding tert-OH is 1. The summed E-state index contributed by atoms with van der Waals surface area (Å²) in [5, 5.41) is 8.76. The number of fused-ring (bicyclic) bond motifs is 1. The molecule has 3 nitrogen and oxygen atoms in total. The Hall–Kier alpha value is -1.35. The van der Waals surface area contributed by atoms with Crippen molar-refractivity contribution in [3.63, 3.8) is 0 Å². The molecular weight excluding hydrogens is 214 g/mol. The maximum atomic E-state index is 12.1. The molecule has 0 heterocycles. The molecule has 1 aliphatic carbocycles. The number of nitrogens with zero attached hydrogens (tertiary/aromatic N) is 1. The van der Waals surface area contributed by atoms with Crippen molar-refractivity contribution in [3.8, 4) is 0 Å². The highest BCUT2D eigenvalue weighted by Gasteiger charge is 2.16. The minimum atomic E-state index is 0.0492. The van der Waals surface area contributed by atoms with Crippen LogP contribution in [0.1, 0.15) is 34.3 Å². The maximum Gasteiger partial charge on any atom is 0.253 e. The van der Waals surface area contributed by atoms with Gasteiger partial charge < -0.3 is 10.0 Å². The van der Waals surface area contributed by atoms with Gasteiger partial charge in [0.15, 0.2) is 0 Å². The Labute approximate surface area is 102 Å². The normalized spacial score (nSPS) is 13.5. The van der Waals surface area contributed by atoms with E-state index in [1.54, 1.807) is 11.9 Å². The van der Waals surface area contributed by atoms with Crippen LogP contribution in [0, 0.1) is 0 Å². The number of hydrogen-bond donors (Lipinski definition) is 1. The number of carbonyl (C=O) groups is 1. The van der Waals surface area contributed by atoms with Crippen LogP contribution in [0.2, 0.25) is 0 Å². The van der Waals surface area contributed by atoms with E-state index in [2.05, 4.69) is 6.07 Å². The lowest BCUT2D eigenvalue weighted by Gasteiger charge is -2.17. The Morgan fingerprint density at radius 3 is 2.88 bits per heavy atom. The van der Waals surface area contributed by atoms with Crippen LogP contribution in [0.4, 0.5) is 0 Å². The van der Waals surface area contributed by atoms with Crippen molar-refractivity contribution in [3.05, 3.63) is 34.9 Å². The van der Waals surface area contributed by atoms with E-state index in [-0.39, 0.29) is 12.5 Å². The highest BCUT2D eigenvalue weighted by Crippen LogP contribution is 2.23. The van der Waals surface area contributed by atoms with Crippen LogP contribution in [0.5, 0.6) is 0 Å². The van der Waals surface area contributed by atoms with E-state index in [0.717, 1.165) is 18.4 Å². The van der Waals surface area contributed by atoms with Gasteiger partial charge in [-0.15, -0.1) is 0 Å². The van der Waals surface area contributed by atoms with E-state index in [4.69, 9.17) is 5.11 Å². The Morgan fingerprint density at radius 1 is 1.35 bits per heavy atom. The van der Waals surface area contributed by atoms with Gasteiger partial charge in [-0.1, -0.05) is 6.07 Å². The third kappa shape index (κ3) is 2.67. The zero-order chi connectivity index (χ0) is 12.3. The van der Waals surface area contributed by atoms with Crippen molar-refractivity contribution >= 4 is 5.91 Å². The molecule has 0 radical (unpaired) electrons. The van der Waals surface area contributed by atoms with E-state index < -0.39 is 0 Å². The number of aryl methyl sites for hydroxylation is 2. The Balaban J connectivity index is 2.09. The highest BCUT2D eigenvalue weighted by molar-refractivity contribution is 5.94. The molecule has 92 valence electrons. The number of carbonyl (C=O) groups excluding carboxylic acids is 1. The smallest absolute Gasteiger partial charge is 0.253 e. The molecule has 1 amide bonds. The van der Waals surface area contributed by atoms with Crippen LogP contribution >= 0.6 is 0 Å². The van der Waals surface area contributed by atoms with Crippen molar-refractivity contribution in [1.29, 1.82) is 0 Å². The van der Waals surface area contributed by atoms with Gasteiger partial charge in [-0.25, -0.2) is 0 Å². The van der Waals surface area contributed by atoms with Gasteiger partial charge in [0.1, 0.15) is 0 Å². The topological polar surface area (TPSA) is 40.5 Å². The summed E-state index contributed by atoms with van der Waals surface area (Å²) in [7, 11) is 1.78. The SMILES string of the molecule is CN(CCCO)C(=O)c1ccc2c(c1)CCC2. The third-order valence-corrected chi connectivity index (χ3v) is 3.34. The van der Waals surface area contributed by atoms with E-state index in [1.165, 1.54) is 17.5 Å². The number of amides is 1. The maximum absolute atomic E-state index is 12.1. The molecule has 3 heteroatoms. The van der Waals surface area contributed by atoms with E-state index in [1.807, 2.05) is 12.1 Å². The molecule has 1 N–H and O–H groups in total. The summed E-state index contributed by atoms with van der Waals surface area (Å²) in [5.74, 6) is 0.0492. The van der Waals surface area contributed by atoms with Gasteiger partial charge in [0.25, 0.3) is 5.91 Å². The van der Waals surface area contributed by atoms with Crippen LogP contribution in [-0.4, -0.2) is 36.1 Å². The van der Waals surface area contributed by atoms with Crippen molar-refractivity contribution < 1.29 is 9.90 Å². The zero-order valence-electron chi connectivity index (χ0n) is 10.3. The van der Waals surface area contributed by atoms with Crippen LogP contribution in [-0.2, 0) is 12.8 Å². The molecule has 1 aromatic rings. The Bertz CT molecular complexity index is 415. The van der Waals surface area contributed by atoms with Crippen molar-refractivity contribution in [2.75, 3.05) is 20.2 Å². The first-order chi connectivity index (χ1) is 8.22. The first-order valence-electron chi connectivity index (χ1n) is 6.20. The molecule has 17 heavy (non-hydrogen) atoms. The fraction of sp³-hybridized carbons (Fsp3) is 0.500. The summed E-state index contributed by atoms with van der Waals surface area (Å²) < 4.78 is 0. The summed E-state index contributed by atoms with van der Waals surface area (Å²) in [5.41, 5.74) is 3.48. The molecule has 0 atom stereocenters. The van der Waals surface area contributed by atoms with Crippen molar-refractivity contribution in [2.24, 2.45) is 0 Å². The molecule has 0 fully saturated rings. The van der Waals surface area contributed by atoms with Gasteiger partial charge in [0.2, 0.25) is 0 Å². The van der Waals surface area contributed by atoms with E-state index >= 15 is 0 Å². The number of rotatable bonds is 4. The molecule has 0 spiro atoms. The summed E-state index contributed by atoms with van der Waals surface area (Å²) in [6, 6.07) is 6.03. The van der Waals surface area contributed by atoms with E-state index in [0.29, 0.717) is 13.0 Å². The molecule has 0 unspecified atom stereocenters. The summed E-state index contributed by atoms with van der Waals surface area (Å²) in [4.78, 5) is 13.8. The zero-order valence-corrected chi connectivity index (χ0v) is 10.3. The van der Waals surface area contributed by atoms with Crippen LogP contribution < -0.4 is 0 Å². The molecule has 0 aromatic heterocycles. The summed E-state index contributed by atoms with van der Waals surface area (Å²) in [6.45, 7) is 0.730. The van der Waals surface area contributed by atoms with Crippen LogP contribution in [0.25, 0.3) is 0 Å². The summed E-state index contributed by atoms with van der Waals surface area (Å²) >= 11 is 0. The first kappa shape index (κ1) is 12.1. The van der Waals surface area contributed by atoms with Gasteiger partial charge >= 0.3 is 0 Å². The number of aliphatic hydroxyl groups is 1. The molecular formula is C14H19NO2. The lowest BCUT2D eigenvalue weighted by Crippen LogP contribution is -2.28. The second-order valence-corrected chi connectivity index (χ2v) is 4.64. The molecule has 1 aliphatic rings. The predicted molar refractivity (Wildman–Crippen MR) is 67.1 cm³/mol. The van der Waals surface area contributed by atoms with Gasteiger partial charge in [-0.3, -0.25) is 4.79 Å². The first-order valence-corrected chi connectivity index (χ1v) is 6.20. The second kappa shape index (κ2) is 5.32. The lowest BCUT2D eigenvalue weighted by atomic mass is 10.1. The van der Waals surface area contributed by atoms with Crippen molar-refractivity contribution in [1.82, 2.24) is 4.90 Å². The largest absolute Gasteiger partial charge is 0.396 e. The molecule has 0 saturated carbocycles. The lowest BCUT2D eigenvalue weighted by molar-refractivity contribution is 0.0786. The minimum absolute atomic E-state index is 0.0492. The molecule has 1 aromatic carbocycles. The molecule has 0 saturated heterocycles. The fourth-order valence-electron chi connectivity index (χ4n) is 2.33. The monoisotopic (exact) mass is 233 g/mol. The van der Waals surface area contributed by atoms with Gasteiger partial charge in [-0.2, -0.15) is 0 Å². The van der Waals surface area contributed by atoms with Gasteiger partial charge in [0.05, 0.1) is 0 Å². The quantitative estimate of drug-likeness (QED) is 0.858. The average molecular weight is 233 g/mol.